The van der Waals surface area contributed by atoms with Crippen molar-refractivity contribution in [1.29, 1.82) is 0 Å². The largest absolute Gasteiger partial charge is 0.310 e. The summed E-state index contributed by atoms with van der Waals surface area (Å²) in [5, 5.41) is 0. The molecular formula is C63H60N2. The summed E-state index contributed by atoms with van der Waals surface area (Å²) in [5.74, 6) is 0. The highest BCUT2D eigenvalue weighted by atomic mass is 15.1. The molecule has 0 unspecified atom stereocenters. The first-order valence-corrected chi connectivity index (χ1v) is 24.5. The van der Waals surface area contributed by atoms with E-state index >= 15 is 0 Å². The third-order valence-electron chi connectivity index (χ3n) is 14.9. The summed E-state index contributed by atoms with van der Waals surface area (Å²) >= 11 is 0. The predicted octanol–water partition coefficient (Wildman–Crippen LogP) is 16.7. The molecule has 0 aromatic heterocycles. The van der Waals surface area contributed by atoms with E-state index in [9.17, 15) is 0 Å². The Morgan fingerprint density at radius 1 is 0.308 bits per heavy atom. The second-order valence-corrected chi connectivity index (χ2v) is 18.9. The number of para-hydroxylation sites is 4. The van der Waals surface area contributed by atoms with Crippen molar-refractivity contribution < 1.29 is 0 Å². The number of nitrogens with zero attached hydrogens (tertiary/aromatic N) is 2. The predicted molar refractivity (Wildman–Crippen MR) is 274 cm³/mol. The van der Waals surface area contributed by atoms with E-state index in [-0.39, 0.29) is 5.41 Å². The molecule has 322 valence electrons. The first kappa shape index (κ1) is 41.1. The molecule has 0 amide bonds. The van der Waals surface area contributed by atoms with Crippen molar-refractivity contribution in [2.24, 2.45) is 0 Å². The van der Waals surface area contributed by atoms with Crippen LogP contribution in [0.1, 0.15) is 95.9 Å². The smallest absolute Gasteiger partial charge is 0.0465 e. The van der Waals surface area contributed by atoms with E-state index in [0.29, 0.717) is 0 Å². The maximum atomic E-state index is 2.59. The van der Waals surface area contributed by atoms with Gasteiger partial charge >= 0.3 is 0 Å². The van der Waals surface area contributed by atoms with Gasteiger partial charge in [-0.05, 0) is 193 Å². The van der Waals surface area contributed by atoms with Crippen molar-refractivity contribution >= 4 is 34.1 Å². The molecule has 0 bridgehead atoms. The molecule has 0 saturated carbocycles. The van der Waals surface area contributed by atoms with Crippen LogP contribution in [0.4, 0.5) is 34.1 Å². The highest BCUT2D eigenvalue weighted by Gasteiger charge is 2.43. The number of fused-ring (bicyclic) bond motifs is 5. The van der Waals surface area contributed by atoms with E-state index in [0.717, 1.165) is 25.7 Å². The minimum Gasteiger partial charge on any atom is -0.310 e. The number of hydrogen-bond donors (Lipinski definition) is 0. The fraction of sp³-hybridized carbons (Fsp3) is 0.238. The summed E-state index contributed by atoms with van der Waals surface area (Å²) in [6.07, 6.45) is 16.9. The van der Waals surface area contributed by atoms with Crippen LogP contribution in [0.2, 0.25) is 0 Å². The van der Waals surface area contributed by atoms with Gasteiger partial charge in [-0.2, -0.15) is 0 Å². The Balaban J connectivity index is 0.991. The summed E-state index contributed by atoms with van der Waals surface area (Å²) < 4.78 is 0. The Labute approximate surface area is 387 Å². The van der Waals surface area contributed by atoms with Gasteiger partial charge in [0.1, 0.15) is 0 Å². The molecule has 0 spiro atoms. The second-order valence-electron chi connectivity index (χ2n) is 18.9. The van der Waals surface area contributed by atoms with E-state index in [2.05, 4.69) is 204 Å². The van der Waals surface area contributed by atoms with Gasteiger partial charge in [-0.25, -0.2) is 0 Å². The second kappa shape index (κ2) is 18.5. The van der Waals surface area contributed by atoms with Crippen LogP contribution in [0.25, 0.3) is 11.1 Å². The molecule has 3 aliphatic carbocycles. The van der Waals surface area contributed by atoms with E-state index in [1.807, 2.05) is 0 Å². The highest BCUT2D eigenvalue weighted by Crippen LogP contribution is 2.57. The molecule has 0 atom stereocenters. The lowest BCUT2D eigenvalue weighted by molar-refractivity contribution is 0.402. The van der Waals surface area contributed by atoms with Crippen LogP contribution < -0.4 is 9.80 Å². The van der Waals surface area contributed by atoms with Gasteiger partial charge in [0.15, 0.2) is 0 Å². The zero-order chi connectivity index (χ0) is 43.4. The molecular weight excluding hydrogens is 785 g/mol. The van der Waals surface area contributed by atoms with Crippen molar-refractivity contribution in [2.75, 3.05) is 9.80 Å². The van der Waals surface area contributed by atoms with E-state index in [1.165, 1.54) is 132 Å². The third-order valence-corrected chi connectivity index (χ3v) is 14.9. The SMILES string of the molecule is c1ccc(N(c2ccccc2)c2ccc3c(c2)C(CCCCCc2ccc4c(c2)CC4)(CCCCCc2ccc4c(c2)CC4)c2cc(N(c4ccccc4)c4ccccc4)ccc2-3)cc1. The first-order valence-electron chi connectivity index (χ1n) is 24.5. The topological polar surface area (TPSA) is 6.48 Å². The lowest BCUT2D eigenvalue weighted by Crippen LogP contribution is -2.26. The molecule has 0 N–H and O–H groups in total. The summed E-state index contributed by atoms with van der Waals surface area (Å²) in [6.45, 7) is 0. The molecule has 3 aliphatic rings. The minimum absolute atomic E-state index is 0.139. The summed E-state index contributed by atoms with van der Waals surface area (Å²) in [7, 11) is 0. The van der Waals surface area contributed by atoms with Crippen LogP contribution in [0, 0.1) is 0 Å². The van der Waals surface area contributed by atoms with Gasteiger partial charge in [0.25, 0.3) is 0 Å². The van der Waals surface area contributed by atoms with Gasteiger partial charge in [-0.15, -0.1) is 0 Å². The Morgan fingerprint density at radius 3 is 1.02 bits per heavy atom. The lowest BCUT2D eigenvalue weighted by atomic mass is 9.70. The minimum atomic E-state index is -0.139. The quantitative estimate of drug-likeness (QED) is 0.0794. The van der Waals surface area contributed by atoms with Crippen molar-refractivity contribution in [1.82, 2.24) is 0 Å². The lowest BCUT2D eigenvalue weighted by Gasteiger charge is -2.35. The molecule has 2 heteroatoms. The number of aryl methyl sites for hydroxylation is 6. The van der Waals surface area contributed by atoms with Gasteiger partial charge in [0.2, 0.25) is 0 Å². The molecule has 11 rings (SSSR count). The van der Waals surface area contributed by atoms with Crippen molar-refractivity contribution in [3.8, 4) is 11.1 Å². The van der Waals surface area contributed by atoms with E-state index in [4.69, 9.17) is 0 Å². The maximum Gasteiger partial charge on any atom is 0.0465 e. The number of anilines is 6. The molecule has 0 radical (unpaired) electrons. The van der Waals surface area contributed by atoms with Crippen LogP contribution in [-0.2, 0) is 43.9 Å². The first-order chi connectivity index (χ1) is 32.2. The van der Waals surface area contributed by atoms with Crippen molar-refractivity contribution in [2.45, 2.75) is 95.3 Å². The zero-order valence-corrected chi connectivity index (χ0v) is 37.8. The molecule has 0 fully saturated rings. The van der Waals surface area contributed by atoms with Gasteiger partial charge in [0, 0.05) is 39.5 Å². The third kappa shape index (κ3) is 8.32. The summed E-state index contributed by atoms with van der Waals surface area (Å²) in [5.41, 5.74) is 22.1. The van der Waals surface area contributed by atoms with Crippen molar-refractivity contribution in [3.63, 3.8) is 0 Å². The number of rotatable bonds is 18. The molecule has 65 heavy (non-hydrogen) atoms. The molecule has 2 nitrogen and oxygen atoms in total. The van der Waals surface area contributed by atoms with E-state index in [1.54, 1.807) is 22.3 Å². The number of benzene rings is 8. The standard InChI is InChI=1S/C63H60N2/c1-9-21-53(22-10-1)64(54-23-11-2-12-24-54)57-37-39-59-60-40-38-58(65(55-25-13-3-14-26-55)56-27-15-4-16-28-56)46-62(60)63(61(59)45-57,41-17-5-7-19-47-29-31-49-33-35-51(49)43-47)42-18-6-8-20-48-30-32-50-34-36-52(50)44-48/h1-4,9-16,21-32,37-40,43-46H,5-8,17-20,33-36,41-42H2. The highest BCUT2D eigenvalue weighted by molar-refractivity contribution is 5.88. The molecule has 8 aromatic carbocycles. The zero-order valence-electron chi connectivity index (χ0n) is 37.8. The van der Waals surface area contributed by atoms with Crippen LogP contribution >= 0.6 is 0 Å². The Kier molecular flexibility index (Phi) is 11.7. The van der Waals surface area contributed by atoms with Crippen molar-refractivity contribution in [3.05, 3.63) is 239 Å². The molecule has 0 saturated heterocycles. The average Bonchev–Trinajstić information content (AvgIpc) is 3.60. The van der Waals surface area contributed by atoms with Crippen LogP contribution in [-0.4, -0.2) is 0 Å². The van der Waals surface area contributed by atoms with Gasteiger partial charge in [0.05, 0.1) is 0 Å². The summed E-state index contributed by atoms with van der Waals surface area (Å²) in [4.78, 5) is 4.91. The van der Waals surface area contributed by atoms with Crippen LogP contribution in [0.5, 0.6) is 0 Å². The average molecular weight is 845 g/mol. The van der Waals surface area contributed by atoms with Gasteiger partial charge < -0.3 is 9.80 Å². The number of hydrogen-bond acceptors (Lipinski definition) is 2. The Bertz CT molecular complexity index is 2600. The molecule has 0 aliphatic heterocycles. The Hall–Kier alpha value is -6.64. The van der Waals surface area contributed by atoms with Gasteiger partial charge in [-0.1, -0.05) is 147 Å². The monoisotopic (exact) mass is 844 g/mol. The maximum absolute atomic E-state index is 2.59. The number of unbranched alkanes of at least 4 members (excludes halogenated alkanes) is 4. The van der Waals surface area contributed by atoms with Crippen LogP contribution in [0.15, 0.2) is 194 Å². The summed E-state index contributed by atoms with van der Waals surface area (Å²) in [6, 6.07) is 73.1. The van der Waals surface area contributed by atoms with Gasteiger partial charge in [-0.3, -0.25) is 0 Å². The molecule has 8 aromatic rings. The molecule has 0 heterocycles. The normalized spacial score (nSPS) is 13.7. The fourth-order valence-corrected chi connectivity index (χ4v) is 11.3. The van der Waals surface area contributed by atoms with E-state index < -0.39 is 0 Å². The Morgan fingerprint density at radius 2 is 0.677 bits per heavy atom. The van der Waals surface area contributed by atoms with Crippen LogP contribution in [0.3, 0.4) is 0 Å². The fourth-order valence-electron chi connectivity index (χ4n) is 11.3.